The molecule has 0 amide bonds. The minimum absolute atomic E-state index is 0.0190. The highest BCUT2D eigenvalue weighted by molar-refractivity contribution is 5.49. The van der Waals surface area contributed by atoms with Crippen molar-refractivity contribution in [1.82, 2.24) is 19.5 Å². The molecule has 3 heterocycles. The summed E-state index contributed by atoms with van der Waals surface area (Å²) in [7, 11) is 1.90. The zero-order valence-electron chi connectivity index (χ0n) is 18.1. The molecule has 0 atom stereocenters. The lowest BCUT2D eigenvalue weighted by molar-refractivity contribution is 0.290. The summed E-state index contributed by atoms with van der Waals surface area (Å²) in [6.07, 6.45) is 2.83. The Hall–Kier alpha value is -4.00. The van der Waals surface area contributed by atoms with Gasteiger partial charge in [-0.05, 0) is 38.5 Å². The normalized spacial score (nSPS) is 14.1. The van der Waals surface area contributed by atoms with Crippen LogP contribution in [-0.2, 0) is 13.2 Å². The molecule has 0 spiro atoms. The molecule has 0 bridgehead atoms. The van der Waals surface area contributed by atoms with Crippen LogP contribution in [0.2, 0.25) is 0 Å². The zero-order valence-corrected chi connectivity index (χ0v) is 18.1. The van der Waals surface area contributed by atoms with Crippen molar-refractivity contribution in [2.45, 2.75) is 39.5 Å². The Labute approximate surface area is 183 Å². The van der Waals surface area contributed by atoms with Crippen LogP contribution in [0.1, 0.15) is 30.7 Å². The minimum Gasteiger partial charge on any atom is -0.473 e. The monoisotopic (exact) mass is 436 g/mol. The van der Waals surface area contributed by atoms with Crippen LogP contribution in [-0.4, -0.2) is 32.1 Å². The molecule has 0 N–H and O–H groups in total. The molecule has 2 aromatic heterocycles. The number of benzene rings is 1. The molecular formula is C22H21FN6O3. The van der Waals surface area contributed by atoms with Crippen molar-refractivity contribution < 1.29 is 13.9 Å². The molecule has 0 fully saturated rings. The summed E-state index contributed by atoms with van der Waals surface area (Å²) < 4.78 is 27.4. The smallest absolute Gasteiger partial charge is 0.352 e. The van der Waals surface area contributed by atoms with Crippen molar-refractivity contribution in [3.8, 4) is 23.6 Å². The second-order valence-corrected chi connectivity index (χ2v) is 8.15. The van der Waals surface area contributed by atoms with E-state index in [1.165, 1.54) is 24.5 Å². The van der Waals surface area contributed by atoms with Gasteiger partial charge in [-0.25, -0.2) is 14.2 Å². The molecule has 0 unspecified atom stereocenters. The van der Waals surface area contributed by atoms with Crippen molar-refractivity contribution in [3.63, 3.8) is 0 Å². The van der Waals surface area contributed by atoms with Crippen LogP contribution in [0.4, 0.5) is 10.2 Å². The van der Waals surface area contributed by atoms with E-state index in [0.717, 1.165) is 0 Å². The quantitative estimate of drug-likeness (QED) is 0.601. The lowest BCUT2D eigenvalue weighted by Gasteiger charge is -2.28. The van der Waals surface area contributed by atoms with Crippen LogP contribution in [0.25, 0.3) is 0 Å². The maximum atomic E-state index is 14.7. The Bertz CT molecular complexity index is 1280. The predicted molar refractivity (Wildman–Crippen MR) is 113 cm³/mol. The zero-order chi connectivity index (χ0) is 23.0. The molecule has 0 saturated heterocycles. The second-order valence-electron chi connectivity index (χ2n) is 8.15. The Morgan fingerprint density at radius 1 is 1.22 bits per heavy atom. The van der Waals surface area contributed by atoms with Crippen LogP contribution in [0.3, 0.4) is 0 Å². The Morgan fingerprint density at radius 2 is 2.00 bits per heavy atom. The standard InChI is InChI=1S/C22H21FN6O3/c1-13-9-26-18(10-25-13)32-20-15(8-24)5-14(6-16(20)23)11-31-17-7-19-28(4)22(2,3)12-29(19)21(30)27-17/h5-7,9-10H,11-12H2,1-4H3. The lowest BCUT2D eigenvalue weighted by Crippen LogP contribution is -2.38. The van der Waals surface area contributed by atoms with E-state index in [9.17, 15) is 14.4 Å². The van der Waals surface area contributed by atoms with E-state index in [2.05, 4.69) is 15.0 Å². The number of halogens is 1. The number of aryl methyl sites for hydroxylation is 1. The van der Waals surface area contributed by atoms with E-state index in [4.69, 9.17) is 9.47 Å². The van der Waals surface area contributed by atoms with Gasteiger partial charge in [0.1, 0.15) is 18.5 Å². The van der Waals surface area contributed by atoms with Gasteiger partial charge in [-0.2, -0.15) is 10.2 Å². The van der Waals surface area contributed by atoms with Crippen molar-refractivity contribution in [1.29, 1.82) is 5.26 Å². The number of aromatic nitrogens is 4. The number of nitriles is 1. The summed E-state index contributed by atoms with van der Waals surface area (Å²) in [6, 6.07) is 6.25. The number of hydrogen-bond acceptors (Lipinski definition) is 8. The maximum absolute atomic E-state index is 14.7. The number of hydrogen-bond donors (Lipinski definition) is 0. The fourth-order valence-electron chi connectivity index (χ4n) is 3.39. The molecule has 164 valence electrons. The summed E-state index contributed by atoms with van der Waals surface area (Å²) in [5.74, 6) is -0.0951. The van der Waals surface area contributed by atoms with E-state index in [1.807, 2.05) is 31.9 Å². The van der Waals surface area contributed by atoms with Crippen molar-refractivity contribution >= 4 is 5.82 Å². The van der Waals surface area contributed by atoms with Gasteiger partial charge >= 0.3 is 5.69 Å². The first-order valence-corrected chi connectivity index (χ1v) is 9.85. The number of nitrogens with zero attached hydrogens (tertiary/aromatic N) is 6. The second kappa shape index (κ2) is 7.92. The highest BCUT2D eigenvalue weighted by Crippen LogP contribution is 2.32. The van der Waals surface area contributed by atoms with Gasteiger partial charge in [0.25, 0.3) is 0 Å². The molecule has 1 aliphatic rings. The van der Waals surface area contributed by atoms with Crippen molar-refractivity contribution in [2.24, 2.45) is 0 Å². The van der Waals surface area contributed by atoms with Gasteiger partial charge in [-0.1, -0.05) is 0 Å². The fraction of sp³-hybridized carbons (Fsp3) is 0.318. The molecule has 9 nitrogen and oxygen atoms in total. The van der Waals surface area contributed by atoms with Crippen molar-refractivity contribution in [3.05, 3.63) is 63.7 Å². The number of fused-ring (bicyclic) bond motifs is 1. The van der Waals surface area contributed by atoms with Gasteiger partial charge in [0, 0.05) is 13.1 Å². The number of rotatable bonds is 5. The Morgan fingerprint density at radius 3 is 2.69 bits per heavy atom. The average molecular weight is 436 g/mol. The first kappa shape index (κ1) is 21.2. The van der Waals surface area contributed by atoms with Crippen LogP contribution in [0.5, 0.6) is 17.5 Å². The first-order valence-electron chi connectivity index (χ1n) is 9.85. The summed E-state index contributed by atoms with van der Waals surface area (Å²) in [5, 5.41) is 9.46. The highest BCUT2D eigenvalue weighted by Gasteiger charge is 2.34. The number of ether oxygens (including phenoxy) is 2. The van der Waals surface area contributed by atoms with E-state index in [1.54, 1.807) is 17.6 Å². The SMILES string of the molecule is Cc1cnc(Oc2c(F)cc(COc3cc4n(c(=O)n3)CC(C)(C)N4C)cc2C#N)cn1. The van der Waals surface area contributed by atoms with E-state index in [-0.39, 0.29) is 35.2 Å². The molecule has 3 aromatic rings. The van der Waals surface area contributed by atoms with Crippen LogP contribution in [0.15, 0.2) is 35.4 Å². The minimum atomic E-state index is -0.742. The molecule has 0 saturated carbocycles. The van der Waals surface area contributed by atoms with Gasteiger partial charge in [-0.3, -0.25) is 9.55 Å². The summed E-state index contributed by atoms with van der Waals surface area (Å²) in [6.45, 7) is 6.25. The van der Waals surface area contributed by atoms with E-state index in [0.29, 0.717) is 23.6 Å². The topological polar surface area (TPSA) is 106 Å². The third kappa shape index (κ3) is 3.97. The van der Waals surface area contributed by atoms with Crippen LogP contribution in [0, 0.1) is 24.1 Å². The van der Waals surface area contributed by atoms with Gasteiger partial charge in [-0.15, -0.1) is 0 Å². The van der Waals surface area contributed by atoms with Crippen LogP contribution < -0.4 is 20.1 Å². The van der Waals surface area contributed by atoms with Gasteiger partial charge in [0.2, 0.25) is 11.8 Å². The fourth-order valence-corrected chi connectivity index (χ4v) is 3.39. The third-order valence-electron chi connectivity index (χ3n) is 5.34. The molecule has 1 aromatic carbocycles. The van der Waals surface area contributed by atoms with Crippen LogP contribution >= 0.6 is 0 Å². The van der Waals surface area contributed by atoms with Gasteiger partial charge in [0.15, 0.2) is 11.6 Å². The van der Waals surface area contributed by atoms with Gasteiger partial charge in [0.05, 0.1) is 35.7 Å². The molecule has 32 heavy (non-hydrogen) atoms. The van der Waals surface area contributed by atoms with Gasteiger partial charge < -0.3 is 14.4 Å². The maximum Gasteiger partial charge on any atom is 0.352 e. The molecule has 1 aliphatic heterocycles. The average Bonchev–Trinajstić information content (AvgIpc) is 2.99. The highest BCUT2D eigenvalue weighted by atomic mass is 19.1. The molecule has 4 rings (SSSR count). The summed E-state index contributed by atoms with van der Waals surface area (Å²) in [4.78, 5) is 26.4. The summed E-state index contributed by atoms with van der Waals surface area (Å²) >= 11 is 0. The van der Waals surface area contributed by atoms with E-state index >= 15 is 0 Å². The van der Waals surface area contributed by atoms with Crippen molar-refractivity contribution in [2.75, 3.05) is 11.9 Å². The molecular weight excluding hydrogens is 415 g/mol. The number of likely N-dealkylation sites (N-methyl/N-ethyl adjacent to an activating group) is 1. The Kier molecular flexibility index (Phi) is 5.26. The molecule has 10 heteroatoms. The third-order valence-corrected chi connectivity index (χ3v) is 5.34. The Balaban J connectivity index is 1.55. The summed E-state index contributed by atoms with van der Waals surface area (Å²) in [5.41, 5.74) is 0.406. The molecule has 0 aliphatic carbocycles. The number of anilines is 1. The predicted octanol–water partition coefficient (Wildman–Crippen LogP) is 2.95. The lowest BCUT2D eigenvalue weighted by atomic mass is 10.1. The van der Waals surface area contributed by atoms with E-state index < -0.39 is 11.5 Å². The largest absolute Gasteiger partial charge is 0.473 e. The molecule has 0 radical (unpaired) electrons. The first-order chi connectivity index (χ1) is 15.2.